The highest BCUT2D eigenvalue weighted by atomic mass is 16.5. The van der Waals surface area contributed by atoms with Gasteiger partial charge in [0.05, 0.1) is 12.7 Å². The zero-order valence-electron chi connectivity index (χ0n) is 16.0. The van der Waals surface area contributed by atoms with Crippen LogP contribution in [0.4, 0.5) is 0 Å². The van der Waals surface area contributed by atoms with Gasteiger partial charge in [0.2, 0.25) is 0 Å². The summed E-state index contributed by atoms with van der Waals surface area (Å²) in [5, 5.41) is 14.5. The van der Waals surface area contributed by atoms with Gasteiger partial charge in [0.1, 0.15) is 11.3 Å². The van der Waals surface area contributed by atoms with E-state index in [1.807, 2.05) is 30.3 Å². The summed E-state index contributed by atoms with van der Waals surface area (Å²) in [5.74, 6) is -0.333. The van der Waals surface area contributed by atoms with Crippen LogP contribution in [0, 0.1) is 0 Å². The molecule has 30 heavy (non-hydrogen) atoms. The molecule has 2 aliphatic rings. The summed E-state index contributed by atoms with van der Waals surface area (Å²) in [7, 11) is 1.34. The Morgan fingerprint density at radius 1 is 0.900 bits per heavy atom. The van der Waals surface area contributed by atoms with Crippen LogP contribution in [-0.2, 0) is 4.74 Å². The maximum absolute atomic E-state index is 12.7. The molecule has 1 aliphatic carbocycles. The summed E-state index contributed by atoms with van der Waals surface area (Å²) < 4.78 is 10.9. The molecule has 0 radical (unpaired) electrons. The number of hydrogen-bond donors (Lipinski definition) is 0. The maximum Gasteiger partial charge on any atom is 0.338 e. The Morgan fingerprint density at radius 2 is 1.67 bits per heavy atom. The summed E-state index contributed by atoms with van der Waals surface area (Å²) in [6.45, 7) is 0. The number of fused-ring (bicyclic) bond motifs is 3. The van der Waals surface area contributed by atoms with Gasteiger partial charge in [0.15, 0.2) is 5.43 Å². The van der Waals surface area contributed by atoms with E-state index < -0.39 is 5.97 Å². The van der Waals surface area contributed by atoms with Gasteiger partial charge in [-0.1, -0.05) is 36.4 Å². The number of carbonyl (C=O) groups is 1. The zero-order valence-corrected chi connectivity index (χ0v) is 16.0. The molecule has 5 nitrogen and oxygen atoms in total. The summed E-state index contributed by atoms with van der Waals surface area (Å²) >= 11 is 0. The lowest BCUT2D eigenvalue weighted by atomic mass is 9.89. The van der Waals surface area contributed by atoms with E-state index in [2.05, 4.69) is 0 Å². The van der Waals surface area contributed by atoms with E-state index in [1.54, 1.807) is 18.2 Å². The molecule has 1 heterocycles. The second-order valence-corrected chi connectivity index (χ2v) is 7.03. The molecule has 5 rings (SSSR count). The van der Waals surface area contributed by atoms with Crippen molar-refractivity contribution in [1.82, 2.24) is 0 Å². The van der Waals surface area contributed by atoms with Gasteiger partial charge in [-0.3, -0.25) is 4.79 Å². The highest BCUT2D eigenvalue weighted by Crippen LogP contribution is 2.42. The molecule has 0 saturated carbocycles. The molecule has 1 aliphatic heterocycles. The van der Waals surface area contributed by atoms with Crippen molar-refractivity contribution in [2.24, 2.45) is 0 Å². The van der Waals surface area contributed by atoms with E-state index in [0.717, 1.165) is 10.8 Å². The molecule has 146 valence electrons. The van der Waals surface area contributed by atoms with Crippen molar-refractivity contribution < 1.29 is 19.1 Å². The normalized spacial score (nSPS) is 11.2. The second-order valence-electron chi connectivity index (χ2n) is 7.03. The molecule has 3 aromatic rings. The Balaban J connectivity index is 1.98. The van der Waals surface area contributed by atoms with Gasteiger partial charge in [-0.05, 0) is 46.7 Å². The minimum Gasteiger partial charge on any atom is -0.872 e. The smallest absolute Gasteiger partial charge is 0.338 e. The molecule has 0 fully saturated rings. The van der Waals surface area contributed by atoms with Crippen LogP contribution in [0.25, 0.3) is 44.2 Å². The monoisotopic (exact) mass is 395 g/mol. The van der Waals surface area contributed by atoms with E-state index >= 15 is 0 Å². The SMILES string of the molecule is COC(=O)c1cc2ccccc2cc1-c1c2ccc(=O)cc-2oc2cc([O-])ccc12. The van der Waals surface area contributed by atoms with E-state index in [1.165, 1.54) is 31.4 Å². The molecule has 0 aromatic heterocycles. The molecule has 0 spiro atoms. The Kier molecular flexibility index (Phi) is 4.03. The molecule has 0 bridgehead atoms. The first-order chi connectivity index (χ1) is 14.5. The van der Waals surface area contributed by atoms with Crippen LogP contribution in [0.3, 0.4) is 0 Å². The van der Waals surface area contributed by atoms with Gasteiger partial charge >= 0.3 is 5.97 Å². The van der Waals surface area contributed by atoms with Crippen LogP contribution in [0.15, 0.2) is 82.0 Å². The van der Waals surface area contributed by atoms with Gasteiger partial charge in [-0.25, -0.2) is 4.79 Å². The maximum atomic E-state index is 12.7. The van der Waals surface area contributed by atoms with Crippen molar-refractivity contribution in [3.8, 4) is 28.2 Å². The van der Waals surface area contributed by atoms with Gasteiger partial charge in [0, 0.05) is 22.6 Å². The number of benzene rings is 4. The van der Waals surface area contributed by atoms with Crippen molar-refractivity contribution in [3.63, 3.8) is 0 Å². The Labute approximate surface area is 171 Å². The molecule has 0 amide bonds. The summed E-state index contributed by atoms with van der Waals surface area (Å²) in [5.41, 5.74) is 2.55. The fraction of sp³-hybridized carbons (Fsp3) is 0.0400. The lowest BCUT2D eigenvalue weighted by molar-refractivity contribution is -0.268. The van der Waals surface area contributed by atoms with Gasteiger partial charge in [0.25, 0.3) is 0 Å². The third-order valence-electron chi connectivity index (χ3n) is 5.23. The largest absolute Gasteiger partial charge is 0.872 e. The predicted octanol–water partition coefficient (Wildman–Crippen LogP) is 4.58. The number of hydrogen-bond acceptors (Lipinski definition) is 5. The molecule has 0 N–H and O–H groups in total. The molecule has 0 unspecified atom stereocenters. The van der Waals surface area contributed by atoms with Crippen molar-refractivity contribution in [3.05, 3.63) is 88.6 Å². The average Bonchev–Trinajstić information content (AvgIpc) is 2.75. The molecule has 0 atom stereocenters. The minimum atomic E-state index is -0.473. The first-order valence-corrected chi connectivity index (χ1v) is 9.34. The van der Waals surface area contributed by atoms with Crippen LogP contribution in [0.2, 0.25) is 0 Å². The average molecular weight is 395 g/mol. The Morgan fingerprint density at radius 3 is 2.43 bits per heavy atom. The summed E-state index contributed by atoms with van der Waals surface area (Å²) in [6, 6.07) is 20.5. The van der Waals surface area contributed by atoms with E-state index in [9.17, 15) is 14.7 Å². The third kappa shape index (κ3) is 2.79. The minimum absolute atomic E-state index is 0.207. The number of carbonyl (C=O) groups excluding carboxylic acids is 1. The van der Waals surface area contributed by atoms with E-state index in [0.29, 0.717) is 39.0 Å². The zero-order chi connectivity index (χ0) is 20.8. The van der Waals surface area contributed by atoms with Crippen molar-refractivity contribution >= 4 is 27.7 Å². The Bertz CT molecular complexity index is 1480. The quantitative estimate of drug-likeness (QED) is 0.323. The highest BCUT2D eigenvalue weighted by molar-refractivity contribution is 6.10. The lowest BCUT2D eigenvalue weighted by Crippen LogP contribution is -2.06. The second kappa shape index (κ2) is 6.74. The van der Waals surface area contributed by atoms with Crippen LogP contribution in [-0.4, -0.2) is 13.1 Å². The molecular formula is C25H15O5-. The van der Waals surface area contributed by atoms with Crippen LogP contribution >= 0.6 is 0 Å². The van der Waals surface area contributed by atoms with Crippen LogP contribution in [0.1, 0.15) is 10.4 Å². The number of esters is 1. The topological polar surface area (TPSA) is 79.6 Å². The van der Waals surface area contributed by atoms with Crippen molar-refractivity contribution in [2.45, 2.75) is 0 Å². The molecule has 0 saturated heterocycles. The van der Waals surface area contributed by atoms with Gasteiger partial charge < -0.3 is 14.3 Å². The number of ether oxygens (including phenoxy) is 1. The van der Waals surface area contributed by atoms with Gasteiger partial charge in [-0.2, -0.15) is 0 Å². The molecular weight excluding hydrogens is 380 g/mol. The molecule has 5 heteroatoms. The summed E-state index contributed by atoms with van der Waals surface area (Å²) in [6.07, 6.45) is 0. The number of methoxy groups -OCH3 is 1. The fourth-order valence-electron chi connectivity index (χ4n) is 3.87. The standard InChI is InChI=1S/C25H16O5/c1-29-25(28)21-11-15-5-3-2-4-14(15)10-20(21)24-18-8-6-16(26)12-22(18)30-23-13-17(27)7-9-19(23)24/h2-13,26H,1H3/p-1. The predicted molar refractivity (Wildman–Crippen MR) is 113 cm³/mol. The van der Waals surface area contributed by atoms with Gasteiger partial charge in [-0.15, -0.1) is 5.75 Å². The summed E-state index contributed by atoms with van der Waals surface area (Å²) in [4.78, 5) is 24.6. The first kappa shape index (κ1) is 17.9. The molecule has 3 aromatic carbocycles. The van der Waals surface area contributed by atoms with Crippen molar-refractivity contribution in [1.29, 1.82) is 0 Å². The van der Waals surface area contributed by atoms with Crippen LogP contribution in [0.5, 0.6) is 5.75 Å². The van der Waals surface area contributed by atoms with Crippen molar-refractivity contribution in [2.75, 3.05) is 7.11 Å². The highest BCUT2D eigenvalue weighted by Gasteiger charge is 2.22. The third-order valence-corrected chi connectivity index (χ3v) is 5.23. The lowest BCUT2D eigenvalue weighted by Gasteiger charge is -2.19. The Hall–Kier alpha value is -4.12. The first-order valence-electron chi connectivity index (χ1n) is 9.34. The van der Waals surface area contributed by atoms with Crippen LogP contribution < -0.4 is 10.5 Å². The van der Waals surface area contributed by atoms with E-state index in [-0.39, 0.29) is 11.2 Å². The van der Waals surface area contributed by atoms with E-state index in [4.69, 9.17) is 9.15 Å². The fourth-order valence-corrected chi connectivity index (χ4v) is 3.87. The number of rotatable bonds is 2.